The van der Waals surface area contributed by atoms with Gasteiger partial charge in [0, 0.05) is 22.0 Å². The van der Waals surface area contributed by atoms with Crippen LogP contribution in [0.5, 0.6) is 0 Å². The number of hydrogen-bond donors (Lipinski definition) is 0. The average molecular weight is 387 g/mol. The van der Waals surface area contributed by atoms with E-state index in [1.54, 1.807) is 12.1 Å². The van der Waals surface area contributed by atoms with Gasteiger partial charge in [-0.2, -0.15) is 0 Å². The summed E-state index contributed by atoms with van der Waals surface area (Å²) in [7, 11) is 0. The summed E-state index contributed by atoms with van der Waals surface area (Å²) in [5, 5.41) is 0.737. The Balaban J connectivity index is 2.54. The molecular formula is C15H14Br2FN. The summed E-state index contributed by atoms with van der Waals surface area (Å²) in [6, 6.07) is 12.9. The molecule has 0 spiro atoms. The lowest BCUT2D eigenvalue weighted by atomic mass is 10.1. The third-order valence-corrected chi connectivity index (χ3v) is 4.04. The topological polar surface area (TPSA) is 3.24 Å². The minimum absolute atomic E-state index is 0.204. The highest BCUT2D eigenvalue weighted by Crippen LogP contribution is 2.33. The molecule has 0 aromatic heterocycles. The molecule has 4 heteroatoms. The van der Waals surface area contributed by atoms with Crippen LogP contribution in [0.15, 0.2) is 46.9 Å². The lowest BCUT2D eigenvalue weighted by Crippen LogP contribution is -2.18. The number of rotatable bonds is 4. The van der Waals surface area contributed by atoms with E-state index < -0.39 is 0 Å². The summed E-state index contributed by atoms with van der Waals surface area (Å²) in [5.74, 6) is -0.204. The second-order valence-electron chi connectivity index (χ2n) is 4.10. The van der Waals surface area contributed by atoms with E-state index >= 15 is 0 Å². The monoisotopic (exact) mass is 385 g/mol. The maximum atomic E-state index is 14.0. The zero-order chi connectivity index (χ0) is 13.8. The lowest BCUT2D eigenvalue weighted by Gasteiger charge is -2.26. The van der Waals surface area contributed by atoms with Crippen molar-refractivity contribution in [3.63, 3.8) is 0 Å². The van der Waals surface area contributed by atoms with Crippen molar-refractivity contribution in [3.8, 4) is 0 Å². The molecule has 0 atom stereocenters. The molecule has 0 saturated carbocycles. The quantitative estimate of drug-likeness (QED) is 0.614. The molecule has 0 amide bonds. The van der Waals surface area contributed by atoms with Gasteiger partial charge in [0.15, 0.2) is 0 Å². The van der Waals surface area contributed by atoms with Crippen LogP contribution < -0.4 is 4.90 Å². The van der Waals surface area contributed by atoms with Gasteiger partial charge in [-0.15, -0.1) is 0 Å². The van der Waals surface area contributed by atoms with Crippen molar-refractivity contribution in [1.82, 2.24) is 0 Å². The van der Waals surface area contributed by atoms with E-state index in [0.29, 0.717) is 12.2 Å². The summed E-state index contributed by atoms with van der Waals surface area (Å²) in [4.78, 5) is 1.98. The van der Waals surface area contributed by atoms with Crippen LogP contribution >= 0.6 is 31.9 Å². The molecule has 19 heavy (non-hydrogen) atoms. The van der Waals surface area contributed by atoms with E-state index in [1.165, 1.54) is 6.07 Å². The van der Waals surface area contributed by atoms with Gasteiger partial charge in [0.25, 0.3) is 0 Å². The minimum Gasteiger partial charge on any atom is -0.339 e. The highest BCUT2D eigenvalue weighted by Gasteiger charge is 2.14. The van der Waals surface area contributed by atoms with Crippen molar-refractivity contribution < 1.29 is 4.39 Å². The van der Waals surface area contributed by atoms with Gasteiger partial charge < -0.3 is 4.90 Å². The first-order valence-corrected chi connectivity index (χ1v) is 7.95. The zero-order valence-corrected chi connectivity index (χ0v) is 13.7. The largest absolute Gasteiger partial charge is 0.339 e. The number of hydrogen-bond acceptors (Lipinski definition) is 1. The third-order valence-electron chi connectivity index (χ3n) is 2.94. The Morgan fingerprint density at radius 2 is 1.84 bits per heavy atom. The van der Waals surface area contributed by atoms with E-state index in [0.717, 1.165) is 21.1 Å². The van der Waals surface area contributed by atoms with Gasteiger partial charge in [0.1, 0.15) is 5.82 Å². The number of anilines is 2. The molecule has 2 aromatic carbocycles. The fraction of sp³-hybridized carbons (Fsp3) is 0.200. The van der Waals surface area contributed by atoms with Crippen LogP contribution in [0.3, 0.4) is 0 Å². The van der Waals surface area contributed by atoms with E-state index in [-0.39, 0.29) is 5.82 Å². The van der Waals surface area contributed by atoms with E-state index in [4.69, 9.17) is 0 Å². The van der Waals surface area contributed by atoms with Crippen LogP contribution in [0.2, 0.25) is 0 Å². The molecule has 1 nitrogen and oxygen atoms in total. The lowest BCUT2D eigenvalue weighted by molar-refractivity contribution is 0.625. The molecule has 0 bridgehead atoms. The Hall–Kier alpha value is -0.870. The summed E-state index contributed by atoms with van der Waals surface area (Å²) in [6.07, 6.45) is 0. The highest BCUT2D eigenvalue weighted by molar-refractivity contribution is 9.10. The second kappa shape index (κ2) is 6.53. The van der Waals surface area contributed by atoms with Crippen molar-refractivity contribution in [2.24, 2.45) is 0 Å². The first kappa shape index (κ1) is 14.5. The molecule has 2 aromatic rings. The Labute approximate surface area is 129 Å². The third kappa shape index (κ3) is 3.18. The molecule has 2 rings (SSSR count). The van der Waals surface area contributed by atoms with Crippen LogP contribution in [-0.4, -0.2) is 6.54 Å². The van der Waals surface area contributed by atoms with Crippen molar-refractivity contribution in [2.75, 3.05) is 11.4 Å². The standard InChI is InChI=1S/C15H14Br2FN/c1-2-19(14-6-4-3-5-13(14)18)15-9-12(17)8-7-11(15)10-16/h3-9H,2,10H2,1H3. The zero-order valence-electron chi connectivity index (χ0n) is 10.5. The summed E-state index contributed by atoms with van der Waals surface area (Å²) in [5.41, 5.74) is 2.75. The number of nitrogens with zero attached hydrogens (tertiary/aromatic N) is 1. The van der Waals surface area contributed by atoms with Gasteiger partial charge in [-0.25, -0.2) is 4.39 Å². The van der Waals surface area contributed by atoms with E-state index in [9.17, 15) is 4.39 Å². The van der Waals surface area contributed by atoms with E-state index in [1.807, 2.05) is 36.1 Å². The van der Waals surface area contributed by atoms with Crippen LogP contribution in [0, 0.1) is 5.82 Å². The SMILES string of the molecule is CCN(c1ccccc1F)c1cc(Br)ccc1CBr. The molecule has 0 N–H and O–H groups in total. The van der Waals surface area contributed by atoms with Gasteiger partial charge >= 0.3 is 0 Å². The Morgan fingerprint density at radius 3 is 2.47 bits per heavy atom. The summed E-state index contributed by atoms with van der Waals surface area (Å²) in [6.45, 7) is 2.72. The smallest absolute Gasteiger partial charge is 0.146 e. The second-order valence-corrected chi connectivity index (χ2v) is 5.58. The van der Waals surface area contributed by atoms with Crippen LogP contribution in [0.1, 0.15) is 12.5 Å². The Kier molecular flexibility index (Phi) is 4.99. The van der Waals surface area contributed by atoms with Gasteiger partial charge in [-0.1, -0.05) is 50.1 Å². The Morgan fingerprint density at radius 1 is 1.11 bits per heavy atom. The van der Waals surface area contributed by atoms with Gasteiger partial charge in [0.05, 0.1) is 5.69 Å². The molecule has 0 aliphatic carbocycles. The summed E-state index contributed by atoms with van der Waals surface area (Å²) < 4.78 is 15.0. The maximum absolute atomic E-state index is 14.0. The number of benzene rings is 2. The molecule has 0 unspecified atom stereocenters. The molecule has 0 radical (unpaired) electrons. The number of alkyl halides is 1. The van der Waals surface area contributed by atoms with Crippen LogP contribution in [0.4, 0.5) is 15.8 Å². The van der Waals surface area contributed by atoms with Gasteiger partial charge in [-0.05, 0) is 36.8 Å². The molecule has 0 saturated heterocycles. The van der Waals surface area contributed by atoms with Crippen LogP contribution in [0.25, 0.3) is 0 Å². The fourth-order valence-electron chi connectivity index (χ4n) is 2.04. The minimum atomic E-state index is -0.204. The fourth-order valence-corrected chi connectivity index (χ4v) is 2.87. The molecule has 0 aliphatic rings. The van der Waals surface area contributed by atoms with Crippen molar-refractivity contribution in [2.45, 2.75) is 12.3 Å². The molecule has 0 fully saturated rings. The first-order chi connectivity index (χ1) is 9.17. The number of para-hydroxylation sites is 1. The van der Waals surface area contributed by atoms with Crippen molar-refractivity contribution in [3.05, 3.63) is 58.3 Å². The van der Waals surface area contributed by atoms with Crippen molar-refractivity contribution in [1.29, 1.82) is 0 Å². The predicted octanol–water partition coefficient (Wildman–Crippen LogP) is 5.64. The molecule has 0 aliphatic heterocycles. The summed E-state index contributed by atoms with van der Waals surface area (Å²) >= 11 is 6.96. The predicted molar refractivity (Wildman–Crippen MR) is 85.9 cm³/mol. The first-order valence-electron chi connectivity index (χ1n) is 6.03. The molecule has 100 valence electrons. The number of halogens is 3. The van der Waals surface area contributed by atoms with Crippen molar-refractivity contribution >= 4 is 43.2 Å². The van der Waals surface area contributed by atoms with Gasteiger partial charge in [-0.3, -0.25) is 0 Å². The molecule has 0 heterocycles. The van der Waals surface area contributed by atoms with Gasteiger partial charge in [0.2, 0.25) is 0 Å². The Bertz CT molecular complexity index is 572. The normalized spacial score (nSPS) is 10.5. The molecular weight excluding hydrogens is 373 g/mol. The average Bonchev–Trinajstić information content (AvgIpc) is 2.42. The van der Waals surface area contributed by atoms with Crippen LogP contribution in [-0.2, 0) is 5.33 Å². The highest BCUT2D eigenvalue weighted by atomic mass is 79.9. The maximum Gasteiger partial charge on any atom is 0.146 e. The van der Waals surface area contributed by atoms with E-state index in [2.05, 4.69) is 31.9 Å².